The number of anilines is 1. The predicted molar refractivity (Wildman–Crippen MR) is 96.4 cm³/mol. The molecule has 6 heteroatoms. The summed E-state index contributed by atoms with van der Waals surface area (Å²) in [6.07, 6.45) is 0. The Bertz CT molecular complexity index is 848. The number of benzene rings is 2. The van der Waals surface area contributed by atoms with Crippen molar-refractivity contribution < 1.29 is 9.13 Å². The number of ether oxygens (including phenoxy) is 1. The second kappa shape index (κ2) is 8.33. The van der Waals surface area contributed by atoms with E-state index in [0.717, 1.165) is 32.7 Å². The molecule has 1 aliphatic heterocycles. The average Bonchev–Trinajstić information content (AvgIpc) is 2.69. The molecule has 0 saturated carbocycles. The molecule has 0 N–H and O–H groups in total. The summed E-state index contributed by atoms with van der Waals surface area (Å²) in [5, 5.41) is 17.9. The van der Waals surface area contributed by atoms with Gasteiger partial charge in [-0.05, 0) is 30.3 Å². The van der Waals surface area contributed by atoms with Gasteiger partial charge in [-0.15, -0.1) is 0 Å². The van der Waals surface area contributed by atoms with Gasteiger partial charge in [0.2, 0.25) is 0 Å². The van der Waals surface area contributed by atoms with Crippen molar-refractivity contribution in [2.75, 3.05) is 44.2 Å². The van der Waals surface area contributed by atoms with Crippen molar-refractivity contribution in [3.63, 3.8) is 0 Å². The Kier molecular flexibility index (Phi) is 5.68. The minimum Gasteiger partial charge on any atom is -0.491 e. The lowest BCUT2D eigenvalue weighted by Gasteiger charge is -2.36. The SMILES string of the molecule is N#Cc1ccc(N2CCN(CCOc3ccccc3C#N)CC2)c(F)c1. The van der Waals surface area contributed by atoms with Crippen molar-refractivity contribution in [3.05, 3.63) is 59.4 Å². The summed E-state index contributed by atoms with van der Waals surface area (Å²) in [4.78, 5) is 4.26. The number of hydrogen-bond donors (Lipinski definition) is 0. The lowest BCUT2D eigenvalue weighted by Crippen LogP contribution is -2.47. The molecule has 1 aliphatic rings. The summed E-state index contributed by atoms with van der Waals surface area (Å²) in [6.45, 7) is 4.31. The highest BCUT2D eigenvalue weighted by Crippen LogP contribution is 2.22. The third-order valence-electron chi connectivity index (χ3n) is 4.46. The summed E-state index contributed by atoms with van der Waals surface area (Å²) >= 11 is 0. The fourth-order valence-electron chi connectivity index (χ4n) is 3.01. The zero-order chi connectivity index (χ0) is 18.4. The average molecular weight is 350 g/mol. The van der Waals surface area contributed by atoms with Crippen molar-refractivity contribution in [1.29, 1.82) is 10.5 Å². The van der Waals surface area contributed by atoms with Gasteiger partial charge in [-0.1, -0.05) is 12.1 Å². The largest absolute Gasteiger partial charge is 0.491 e. The van der Waals surface area contributed by atoms with Crippen LogP contribution in [0.2, 0.25) is 0 Å². The molecule has 2 aromatic carbocycles. The zero-order valence-electron chi connectivity index (χ0n) is 14.4. The van der Waals surface area contributed by atoms with E-state index in [-0.39, 0.29) is 5.82 Å². The third kappa shape index (κ3) is 4.11. The van der Waals surface area contributed by atoms with Crippen molar-refractivity contribution >= 4 is 5.69 Å². The molecule has 1 fully saturated rings. The molecule has 5 nitrogen and oxygen atoms in total. The van der Waals surface area contributed by atoms with Crippen LogP contribution >= 0.6 is 0 Å². The number of nitrogens with zero attached hydrogens (tertiary/aromatic N) is 4. The van der Waals surface area contributed by atoms with Gasteiger partial charge >= 0.3 is 0 Å². The fraction of sp³-hybridized carbons (Fsp3) is 0.300. The molecule has 26 heavy (non-hydrogen) atoms. The third-order valence-corrected chi connectivity index (χ3v) is 4.46. The van der Waals surface area contributed by atoms with E-state index < -0.39 is 0 Å². The highest BCUT2D eigenvalue weighted by molar-refractivity contribution is 5.51. The van der Waals surface area contributed by atoms with Crippen molar-refractivity contribution in [1.82, 2.24) is 4.90 Å². The predicted octanol–water partition coefficient (Wildman–Crippen LogP) is 2.77. The van der Waals surface area contributed by atoms with Gasteiger partial charge in [0.15, 0.2) is 0 Å². The molecule has 2 aromatic rings. The fourth-order valence-corrected chi connectivity index (χ4v) is 3.01. The summed E-state index contributed by atoms with van der Waals surface area (Å²) in [6, 6.07) is 15.9. The first-order valence-electron chi connectivity index (χ1n) is 8.50. The summed E-state index contributed by atoms with van der Waals surface area (Å²) < 4.78 is 19.8. The molecule has 0 radical (unpaired) electrons. The van der Waals surface area contributed by atoms with Gasteiger partial charge in [0, 0.05) is 32.7 Å². The van der Waals surface area contributed by atoms with Crippen molar-refractivity contribution in [2.45, 2.75) is 0 Å². The first-order chi connectivity index (χ1) is 12.7. The van der Waals surface area contributed by atoms with E-state index in [9.17, 15) is 4.39 Å². The van der Waals surface area contributed by atoms with E-state index in [1.807, 2.05) is 23.1 Å². The van der Waals surface area contributed by atoms with Crippen LogP contribution in [0, 0.1) is 28.5 Å². The van der Waals surface area contributed by atoms with Crippen LogP contribution in [0.4, 0.5) is 10.1 Å². The summed E-state index contributed by atoms with van der Waals surface area (Å²) in [5.41, 5.74) is 1.41. The lowest BCUT2D eigenvalue weighted by atomic mass is 10.2. The molecule has 0 atom stereocenters. The van der Waals surface area contributed by atoms with Crippen molar-refractivity contribution in [3.8, 4) is 17.9 Å². The number of halogens is 1. The minimum atomic E-state index is -0.353. The molecule has 0 aromatic heterocycles. The van der Waals surface area contributed by atoms with Crippen LogP contribution < -0.4 is 9.64 Å². The quantitative estimate of drug-likeness (QED) is 0.830. The Hall–Kier alpha value is -3.09. The van der Waals surface area contributed by atoms with Gasteiger partial charge in [0.1, 0.15) is 24.2 Å². The Morgan fingerprint density at radius 3 is 2.46 bits per heavy atom. The second-order valence-corrected chi connectivity index (χ2v) is 6.06. The summed E-state index contributed by atoms with van der Waals surface area (Å²) in [5.74, 6) is 0.252. The zero-order valence-corrected chi connectivity index (χ0v) is 14.4. The Balaban J connectivity index is 1.48. The van der Waals surface area contributed by atoms with Crippen LogP contribution in [0.3, 0.4) is 0 Å². The first-order valence-corrected chi connectivity index (χ1v) is 8.50. The molecule has 132 valence electrons. The highest BCUT2D eigenvalue weighted by Gasteiger charge is 2.19. The molecule has 3 rings (SSSR count). The van der Waals surface area contributed by atoms with E-state index >= 15 is 0 Å². The van der Waals surface area contributed by atoms with Gasteiger partial charge in [0.25, 0.3) is 0 Å². The molecule has 0 aliphatic carbocycles. The first kappa shape index (κ1) is 17.7. The number of nitriles is 2. The number of piperazine rings is 1. The van der Waals surface area contributed by atoms with Crippen LogP contribution in [0.1, 0.15) is 11.1 Å². The van der Waals surface area contributed by atoms with Gasteiger partial charge in [-0.3, -0.25) is 4.90 Å². The van der Waals surface area contributed by atoms with Crippen LogP contribution in [-0.4, -0.2) is 44.2 Å². The van der Waals surface area contributed by atoms with Gasteiger partial charge in [-0.2, -0.15) is 10.5 Å². The molecule has 0 spiro atoms. The van der Waals surface area contributed by atoms with Crippen LogP contribution in [0.5, 0.6) is 5.75 Å². The molecule has 1 heterocycles. The van der Waals surface area contributed by atoms with E-state index in [2.05, 4.69) is 11.0 Å². The maximum absolute atomic E-state index is 14.1. The van der Waals surface area contributed by atoms with E-state index in [4.69, 9.17) is 15.3 Å². The molecule has 1 saturated heterocycles. The molecular weight excluding hydrogens is 331 g/mol. The van der Waals surface area contributed by atoms with Crippen molar-refractivity contribution in [2.24, 2.45) is 0 Å². The topological polar surface area (TPSA) is 63.3 Å². The molecule has 0 amide bonds. The van der Waals surface area contributed by atoms with Gasteiger partial charge < -0.3 is 9.64 Å². The Morgan fingerprint density at radius 1 is 1.00 bits per heavy atom. The normalized spacial score (nSPS) is 14.5. The molecule has 0 bridgehead atoms. The Morgan fingerprint density at radius 2 is 1.77 bits per heavy atom. The lowest BCUT2D eigenvalue weighted by molar-refractivity contribution is 0.200. The second-order valence-electron chi connectivity index (χ2n) is 6.06. The minimum absolute atomic E-state index is 0.333. The maximum Gasteiger partial charge on any atom is 0.147 e. The Labute approximate surface area is 152 Å². The number of hydrogen-bond acceptors (Lipinski definition) is 5. The smallest absolute Gasteiger partial charge is 0.147 e. The maximum atomic E-state index is 14.1. The van der Waals surface area contributed by atoms with Crippen LogP contribution in [0.15, 0.2) is 42.5 Å². The van der Waals surface area contributed by atoms with E-state index in [1.54, 1.807) is 24.3 Å². The van der Waals surface area contributed by atoms with Gasteiger partial charge in [0.05, 0.1) is 22.9 Å². The van der Waals surface area contributed by atoms with E-state index in [1.165, 1.54) is 6.07 Å². The molecular formula is C20H19FN4O. The van der Waals surface area contributed by atoms with Gasteiger partial charge in [-0.25, -0.2) is 4.39 Å². The monoisotopic (exact) mass is 350 g/mol. The number of para-hydroxylation sites is 1. The van der Waals surface area contributed by atoms with Crippen LogP contribution in [-0.2, 0) is 0 Å². The highest BCUT2D eigenvalue weighted by atomic mass is 19.1. The summed E-state index contributed by atoms with van der Waals surface area (Å²) in [7, 11) is 0. The van der Waals surface area contributed by atoms with Crippen LogP contribution in [0.25, 0.3) is 0 Å². The number of rotatable bonds is 5. The standard InChI is InChI=1S/C20H19FN4O/c21-18-13-16(14-22)5-6-19(18)25-9-7-24(8-10-25)11-12-26-20-4-2-1-3-17(20)15-23/h1-6,13H,7-12H2. The van der Waals surface area contributed by atoms with E-state index in [0.29, 0.717) is 29.2 Å². The molecule has 0 unspecified atom stereocenters.